The average Bonchev–Trinajstić information content (AvgIpc) is 2.78. The first kappa shape index (κ1) is 12.6. The summed E-state index contributed by atoms with van der Waals surface area (Å²) in [7, 11) is 4.10. The van der Waals surface area contributed by atoms with Gasteiger partial charge in [-0.3, -0.25) is 0 Å². The molecule has 0 aliphatic rings. The number of hydrogen-bond donors (Lipinski definition) is 0. The van der Waals surface area contributed by atoms with E-state index in [0.717, 1.165) is 16.8 Å². The van der Waals surface area contributed by atoms with E-state index in [-0.39, 0.29) is 0 Å². The molecule has 0 atom stereocenters. The highest BCUT2D eigenvalue weighted by Crippen LogP contribution is 2.25. The number of halogens is 1. The molecule has 2 nitrogen and oxygen atoms in total. The predicted molar refractivity (Wildman–Crippen MR) is 79.4 cm³/mol. The van der Waals surface area contributed by atoms with Gasteiger partial charge in [0.1, 0.15) is 5.01 Å². The number of benzene rings is 1. The summed E-state index contributed by atoms with van der Waals surface area (Å²) >= 11 is 5.15. The second kappa shape index (κ2) is 5.65. The molecule has 1 aromatic carbocycles. The molecule has 0 N–H and O–H groups in total. The second-order valence-corrected chi connectivity index (χ2v) is 5.68. The monoisotopic (exact) mass is 310 g/mol. The summed E-state index contributed by atoms with van der Waals surface area (Å²) in [5.74, 6) is 0. The van der Waals surface area contributed by atoms with Gasteiger partial charge in [-0.1, -0.05) is 15.9 Å². The molecule has 0 spiro atoms. The van der Waals surface area contributed by atoms with E-state index in [1.807, 2.05) is 14.1 Å². The molecule has 0 radical (unpaired) electrons. The number of nitrogens with zero attached hydrogens (tertiary/aromatic N) is 2. The van der Waals surface area contributed by atoms with Crippen molar-refractivity contribution in [3.05, 3.63) is 35.3 Å². The van der Waals surface area contributed by atoms with Crippen molar-refractivity contribution in [1.29, 1.82) is 0 Å². The standard InChI is InChI=1S/C13H15BrN2S/c1-16(2)12-5-3-10(4-6-12)13-15-11(7-8-14)9-17-13/h3-6,9H,7-8H2,1-2H3. The molecule has 0 bridgehead atoms. The van der Waals surface area contributed by atoms with Crippen molar-refractivity contribution < 1.29 is 0 Å². The van der Waals surface area contributed by atoms with Gasteiger partial charge in [0.25, 0.3) is 0 Å². The van der Waals surface area contributed by atoms with Crippen molar-refractivity contribution in [2.45, 2.75) is 6.42 Å². The van der Waals surface area contributed by atoms with E-state index in [0.29, 0.717) is 0 Å². The van der Waals surface area contributed by atoms with Crippen molar-refractivity contribution in [3.63, 3.8) is 0 Å². The number of hydrogen-bond acceptors (Lipinski definition) is 3. The molecular weight excluding hydrogens is 296 g/mol. The Hall–Kier alpha value is -0.870. The molecule has 0 aliphatic carbocycles. The lowest BCUT2D eigenvalue weighted by atomic mass is 10.2. The smallest absolute Gasteiger partial charge is 0.123 e. The summed E-state index contributed by atoms with van der Waals surface area (Å²) < 4.78 is 0. The summed E-state index contributed by atoms with van der Waals surface area (Å²) in [6.07, 6.45) is 0.992. The first-order valence-corrected chi connectivity index (χ1v) is 7.49. The van der Waals surface area contributed by atoms with Gasteiger partial charge in [-0.25, -0.2) is 4.98 Å². The minimum atomic E-state index is 0.968. The molecule has 1 aromatic heterocycles. The van der Waals surface area contributed by atoms with Crippen LogP contribution in [0.3, 0.4) is 0 Å². The second-order valence-electron chi connectivity index (χ2n) is 4.02. The van der Waals surface area contributed by atoms with Crippen LogP contribution >= 0.6 is 27.3 Å². The molecular formula is C13H15BrN2S. The quantitative estimate of drug-likeness (QED) is 0.798. The number of alkyl halides is 1. The Morgan fingerprint density at radius 3 is 2.53 bits per heavy atom. The van der Waals surface area contributed by atoms with E-state index in [1.165, 1.54) is 16.9 Å². The van der Waals surface area contributed by atoms with Gasteiger partial charge >= 0.3 is 0 Å². The number of aryl methyl sites for hydroxylation is 1. The zero-order valence-electron chi connectivity index (χ0n) is 9.98. The van der Waals surface area contributed by atoms with E-state index in [4.69, 9.17) is 0 Å². The minimum Gasteiger partial charge on any atom is -0.378 e. The van der Waals surface area contributed by atoms with Crippen LogP contribution in [-0.2, 0) is 6.42 Å². The summed E-state index contributed by atoms with van der Waals surface area (Å²) in [6.45, 7) is 0. The van der Waals surface area contributed by atoms with Gasteiger partial charge < -0.3 is 4.90 Å². The van der Waals surface area contributed by atoms with Gasteiger partial charge in [-0.2, -0.15) is 0 Å². The SMILES string of the molecule is CN(C)c1ccc(-c2nc(CCBr)cs2)cc1. The Bertz CT molecular complexity index is 476. The Balaban J connectivity index is 2.21. The van der Waals surface area contributed by atoms with Crippen LogP contribution in [-0.4, -0.2) is 24.4 Å². The largest absolute Gasteiger partial charge is 0.378 e. The maximum atomic E-state index is 4.62. The van der Waals surface area contributed by atoms with Crippen molar-refractivity contribution in [2.24, 2.45) is 0 Å². The number of thiazole rings is 1. The zero-order valence-corrected chi connectivity index (χ0v) is 12.4. The number of aromatic nitrogens is 1. The lowest BCUT2D eigenvalue weighted by Crippen LogP contribution is -2.07. The Kier molecular flexibility index (Phi) is 4.18. The van der Waals surface area contributed by atoms with Crippen LogP contribution in [0.5, 0.6) is 0 Å². The molecule has 0 fully saturated rings. The van der Waals surface area contributed by atoms with Gasteiger partial charge in [-0.05, 0) is 24.3 Å². The molecule has 17 heavy (non-hydrogen) atoms. The first-order valence-electron chi connectivity index (χ1n) is 5.49. The molecule has 0 unspecified atom stereocenters. The van der Waals surface area contributed by atoms with Gasteiger partial charge in [0.05, 0.1) is 5.69 Å². The Morgan fingerprint density at radius 1 is 1.24 bits per heavy atom. The summed E-state index contributed by atoms with van der Waals surface area (Å²) in [5, 5.41) is 4.21. The van der Waals surface area contributed by atoms with E-state index in [2.05, 4.69) is 55.5 Å². The maximum Gasteiger partial charge on any atom is 0.123 e. The first-order chi connectivity index (χ1) is 8.20. The van der Waals surface area contributed by atoms with Gasteiger partial charge in [0.2, 0.25) is 0 Å². The van der Waals surface area contributed by atoms with Gasteiger partial charge in [-0.15, -0.1) is 11.3 Å². The summed E-state index contributed by atoms with van der Waals surface area (Å²) in [6, 6.07) is 8.51. The number of rotatable bonds is 4. The molecule has 2 aromatic rings. The van der Waals surface area contributed by atoms with Gasteiger partial charge in [0, 0.05) is 42.5 Å². The number of anilines is 1. The van der Waals surface area contributed by atoms with Crippen LogP contribution in [0.25, 0.3) is 10.6 Å². The van der Waals surface area contributed by atoms with Crippen LogP contribution in [0.1, 0.15) is 5.69 Å². The van der Waals surface area contributed by atoms with Gasteiger partial charge in [0.15, 0.2) is 0 Å². The molecule has 90 valence electrons. The van der Waals surface area contributed by atoms with E-state index in [1.54, 1.807) is 11.3 Å². The predicted octanol–water partition coefficient (Wildman–Crippen LogP) is 3.81. The van der Waals surface area contributed by atoms with E-state index < -0.39 is 0 Å². The third kappa shape index (κ3) is 3.07. The Morgan fingerprint density at radius 2 is 1.94 bits per heavy atom. The fraction of sp³-hybridized carbons (Fsp3) is 0.308. The molecule has 0 saturated heterocycles. The van der Waals surface area contributed by atoms with E-state index in [9.17, 15) is 0 Å². The van der Waals surface area contributed by atoms with Crippen LogP contribution in [0.15, 0.2) is 29.6 Å². The normalized spacial score (nSPS) is 10.5. The summed E-state index contributed by atoms with van der Waals surface area (Å²) in [5.41, 5.74) is 3.57. The third-order valence-electron chi connectivity index (χ3n) is 2.53. The molecule has 0 aliphatic heterocycles. The lowest BCUT2D eigenvalue weighted by molar-refractivity contribution is 1.09. The fourth-order valence-electron chi connectivity index (χ4n) is 1.55. The van der Waals surface area contributed by atoms with Crippen LogP contribution in [0.4, 0.5) is 5.69 Å². The topological polar surface area (TPSA) is 16.1 Å². The highest BCUT2D eigenvalue weighted by Gasteiger charge is 2.04. The molecule has 0 saturated carbocycles. The van der Waals surface area contributed by atoms with Crippen molar-refractivity contribution in [3.8, 4) is 10.6 Å². The van der Waals surface area contributed by atoms with Crippen molar-refractivity contribution in [1.82, 2.24) is 4.98 Å². The average molecular weight is 311 g/mol. The molecule has 4 heteroatoms. The minimum absolute atomic E-state index is 0.968. The van der Waals surface area contributed by atoms with Crippen molar-refractivity contribution >= 4 is 33.0 Å². The molecule has 2 rings (SSSR count). The summed E-state index contributed by atoms with van der Waals surface area (Å²) in [4.78, 5) is 6.72. The van der Waals surface area contributed by atoms with E-state index >= 15 is 0 Å². The highest BCUT2D eigenvalue weighted by molar-refractivity contribution is 9.09. The highest BCUT2D eigenvalue weighted by atomic mass is 79.9. The van der Waals surface area contributed by atoms with Crippen molar-refractivity contribution in [2.75, 3.05) is 24.3 Å². The van der Waals surface area contributed by atoms with Crippen LogP contribution in [0, 0.1) is 0 Å². The maximum absolute atomic E-state index is 4.62. The van der Waals surface area contributed by atoms with Crippen LogP contribution < -0.4 is 4.90 Å². The molecule has 0 amide bonds. The van der Waals surface area contributed by atoms with Crippen LogP contribution in [0.2, 0.25) is 0 Å². The lowest BCUT2D eigenvalue weighted by Gasteiger charge is -2.11. The Labute approximate surface area is 114 Å². The zero-order chi connectivity index (χ0) is 12.3. The molecule has 1 heterocycles. The third-order valence-corrected chi connectivity index (χ3v) is 3.87. The fourth-order valence-corrected chi connectivity index (χ4v) is 2.82.